The summed E-state index contributed by atoms with van der Waals surface area (Å²) < 4.78 is 0. The molecular formula is C23H34IN5S. The van der Waals surface area contributed by atoms with Crippen LogP contribution in [-0.2, 0) is 19.4 Å². The molecule has 0 spiro atoms. The number of hydrogen-bond acceptors (Lipinski definition) is 4. The van der Waals surface area contributed by atoms with Gasteiger partial charge in [0.05, 0.1) is 10.7 Å². The van der Waals surface area contributed by atoms with E-state index in [1.54, 1.807) is 11.3 Å². The van der Waals surface area contributed by atoms with Gasteiger partial charge in [0.25, 0.3) is 0 Å². The fourth-order valence-electron chi connectivity index (χ4n) is 4.31. The summed E-state index contributed by atoms with van der Waals surface area (Å²) in [5, 5.41) is 6.99. The van der Waals surface area contributed by atoms with Gasteiger partial charge in [-0.1, -0.05) is 25.1 Å². The highest BCUT2D eigenvalue weighted by Gasteiger charge is 2.24. The van der Waals surface area contributed by atoms with Crippen LogP contribution in [-0.4, -0.2) is 48.6 Å². The molecule has 2 aliphatic rings. The summed E-state index contributed by atoms with van der Waals surface area (Å²) in [6.07, 6.45) is 4.60. The fraction of sp³-hybridized carbons (Fsp3) is 0.565. The summed E-state index contributed by atoms with van der Waals surface area (Å²) in [5.74, 6) is 1.73. The first-order valence-corrected chi connectivity index (χ1v) is 11.9. The smallest absolute Gasteiger partial charge is 0.198 e. The molecule has 0 unspecified atom stereocenters. The second-order valence-electron chi connectivity index (χ2n) is 8.03. The highest BCUT2D eigenvalue weighted by molar-refractivity contribution is 14.0. The molecule has 2 aliphatic heterocycles. The molecule has 4 rings (SSSR count). The van der Waals surface area contributed by atoms with Crippen molar-refractivity contribution in [2.24, 2.45) is 10.9 Å². The summed E-state index contributed by atoms with van der Waals surface area (Å²) in [6.45, 7) is 10.5. The number of piperidine rings is 1. The lowest BCUT2D eigenvalue weighted by molar-refractivity contribution is 0.179. The molecule has 0 saturated carbocycles. The van der Waals surface area contributed by atoms with E-state index in [2.05, 4.69) is 58.6 Å². The predicted octanol–water partition coefficient (Wildman–Crippen LogP) is 4.56. The van der Waals surface area contributed by atoms with Crippen molar-refractivity contribution in [3.8, 4) is 0 Å². The normalized spacial score (nSPS) is 17.7. The number of likely N-dealkylation sites (tertiary alicyclic amines) is 1. The van der Waals surface area contributed by atoms with E-state index in [0.29, 0.717) is 5.92 Å². The quantitative estimate of drug-likeness (QED) is 0.332. The molecule has 1 aromatic carbocycles. The number of rotatable bonds is 6. The van der Waals surface area contributed by atoms with Gasteiger partial charge in [-0.3, -0.25) is 9.89 Å². The molecule has 5 nitrogen and oxygen atoms in total. The van der Waals surface area contributed by atoms with Gasteiger partial charge in [0.1, 0.15) is 0 Å². The van der Waals surface area contributed by atoms with Gasteiger partial charge >= 0.3 is 0 Å². The van der Waals surface area contributed by atoms with Gasteiger partial charge in [-0.15, -0.1) is 35.3 Å². The minimum absolute atomic E-state index is 0. The van der Waals surface area contributed by atoms with Crippen LogP contribution < -0.4 is 10.2 Å². The van der Waals surface area contributed by atoms with Crippen LogP contribution in [0.2, 0.25) is 0 Å². The number of thiazole rings is 1. The van der Waals surface area contributed by atoms with Gasteiger partial charge in [-0.05, 0) is 63.2 Å². The van der Waals surface area contributed by atoms with Crippen LogP contribution in [0.3, 0.4) is 0 Å². The molecule has 0 amide bonds. The third-order valence-electron chi connectivity index (χ3n) is 5.97. The average molecular weight is 540 g/mol. The van der Waals surface area contributed by atoms with E-state index >= 15 is 0 Å². The molecular weight excluding hydrogens is 505 g/mol. The lowest BCUT2D eigenvalue weighted by atomic mass is 9.97. The van der Waals surface area contributed by atoms with Crippen LogP contribution in [0.25, 0.3) is 0 Å². The number of aromatic nitrogens is 1. The Labute approximate surface area is 202 Å². The third kappa shape index (κ3) is 5.73. The molecule has 7 heteroatoms. The van der Waals surface area contributed by atoms with Gasteiger partial charge in [0.15, 0.2) is 5.96 Å². The van der Waals surface area contributed by atoms with Crippen molar-refractivity contribution < 1.29 is 0 Å². The molecule has 0 atom stereocenters. The number of aliphatic imine (C=N–C) groups is 1. The number of nitrogens with zero attached hydrogens (tertiary/aromatic N) is 4. The Morgan fingerprint density at radius 3 is 2.73 bits per heavy atom. The molecule has 0 aliphatic carbocycles. The Balaban J connectivity index is 0.00000256. The summed E-state index contributed by atoms with van der Waals surface area (Å²) in [7, 11) is 0. The van der Waals surface area contributed by atoms with Crippen molar-refractivity contribution in [2.45, 2.75) is 46.1 Å². The number of para-hydroxylation sites is 1. The number of anilines is 1. The predicted molar refractivity (Wildman–Crippen MR) is 138 cm³/mol. The van der Waals surface area contributed by atoms with Crippen molar-refractivity contribution in [1.82, 2.24) is 15.2 Å². The molecule has 2 aromatic rings. The number of hydrogen-bond donors (Lipinski definition) is 1. The molecule has 0 radical (unpaired) electrons. The highest BCUT2D eigenvalue weighted by Crippen LogP contribution is 2.27. The largest absolute Gasteiger partial charge is 0.356 e. The number of aryl methyl sites for hydroxylation is 1. The Morgan fingerprint density at radius 1 is 1.20 bits per heavy atom. The van der Waals surface area contributed by atoms with Crippen molar-refractivity contribution in [3.63, 3.8) is 0 Å². The average Bonchev–Trinajstić information content (AvgIpc) is 3.39. The third-order valence-corrected chi connectivity index (χ3v) is 7.01. The Morgan fingerprint density at radius 2 is 2.00 bits per heavy atom. The summed E-state index contributed by atoms with van der Waals surface area (Å²) >= 11 is 1.79. The number of benzene rings is 1. The number of fused-ring (bicyclic) bond motifs is 1. The molecule has 3 heterocycles. The highest BCUT2D eigenvalue weighted by atomic mass is 127. The van der Waals surface area contributed by atoms with Gasteiger partial charge in [0, 0.05) is 37.2 Å². The zero-order chi connectivity index (χ0) is 20.1. The first-order valence-electron chi connectivity index (χ1n) is 11.1. The zero-order valence-electron chi connectivity index (χ0n) is 18.1. The molecule has 30 heavy (non-hydrogen) atoms. The summed E-state index contributed by atoms with van der Waals surface area (Å²) in [4.78, 5) is 14.7. The van der Waals surface area contributed by atoms with Crippen molar-refractivity contribution in [2.75, 3.05) is 37.6 Å². The molecule has 1 aromatic heterocycles. The van der Waals surface area contributed by atoms with Gasteiger partial charge in [0.2, 0.25) is 0 Å². The molecule has 164 valence electrons. The number of nitrogens with one attached hydrogen (secondary N) is 1. The van der Waals surface area contributed by atoms with Gasteiger partial charge in [-0.2, -0.15) is 0 Å². The maximum absolute atomic E-state index is 5.04. The summed E-state index contributed by atoms with van der Waals surface area (Å²) in [5.41, 5.74) is 3.99. The van der Waals surface area contributed by atoms with Crippen molar-refractivity contribution in [1.29, 1.82) is 0 Å². The topological polar surface area (TPSA) is 43.8 Å². The van der Waals surface area contributed by atoms with E-state index in [4.69, 9.17) is 9.98 Å². The lowest BCUT2D eigenvalue weighted by Crippen LogP contribution is -2.41. The molecule has 0 bridgehead atoms. The summed E-state index contributed by atoms with van der Waals surface area (Å²) in [6, 6.07) is 8.72. The fourth-order valence-corrected chi connectivity index (χ4v) is 5.04. The van der Waals surface area contributed by atoms with Crippen LogP contribution in [0.5, 0.6) is 0 Å². The minimum atomic E-state index is 0. The van der Waals surface area contributed by atoms with E-state index in [1.165, 1.54) is 34.8 Å². The first kappa shape index (κ1) is 23.5. The van der Waals surface area contributed by atoms with Gasteiger partial charge < -0.3 is 10.2 Å². The molecule has 1 N–H and O–H groups in total. The van der Waals surface area contributed by atoms with E-state index in [9.17, 15) is 0 Å². The van der Waals surface area contributed by atoms with Crippen LogP contribution in [0.1, 0.15) is 43.0 Å². The second kappa shape index (κ2) is 11.4. The van der Waals surface area contributed by atoms with Crippen molar-refractivity contribution in [3.05, 3.63) is 45.9 Å². The standard InChI is InChI=1S/C23H33N5S.HI/c1-3-22-26-20(17-29-22)16-27-12-9-18(10-13-27)15-25-23(24-4-2)28-14-11-19-7-5-6-8-21(19)28;/h5-8,17-18H,3-4,9-16H2,1-2H3,(H,24,25);1H. The van der Waals surface area contributed by atoms with Crippen LogP contribution in [0, 0.1) is 5.92 Å². The Bertz CT molecular complexity index is 829. The molecule has 1 fully saturated rings. The lowest BCUT2D eigenvalue weighted by Gasteiger charge is -2.31. The first-order chi connectivity index (χ1) is 14.3. The van der Waals surface area contributed by atoms with E-state index in [1.807, 2.05) is 0 Å². The van der Waals surface area contributed by atoms with Gasteiger partial charge in [-0.25, -0.2) is 4.98 Å². The van der Waals surface area contributed by atoms with E-state index in [0.717, 1.165) is 58.1 Å². The molecule has 1 saturated heterocycles. The van der Waals surface area contributed by atoms with Crippen LogP contribution in [0.4, 0.5) is 5.69 Å². The minimum Gasteiger partial charge on any atom is -0.356 e. The Hall–Kier alpha value is -1.19. The number of halogens is 1. The van der Waals surface area contributed by atoms with Crippen LogP contribution in [0.15, 0.2) is 34.6 Å². The Kier molecular flexibility index (Phi) is 8.95. The zero-order valence-corrected chi connectivity index (χ0v) is 21.3. The number of guanidine groups is 1. The SMILES string of the molecule is CCNC(=NCC1CCN(Cc2csc(CC)n2)CC1)N1CCc2ccccc21.I. The van der Waals surface area contributed by atoms with E-state index < -0.39 is 0 Å². The maximum atomic E-state index is 5.04. The monoisotopic (exact) mass is 539 g/mol. The van der Waals surface area contributed by atoms with Crippen molar-refractivity contribution >= 4 is 47.0 Å². The van der Waals surface area contributed by atoms with E-state index in [-0.39, 0.29) is 24.0 Å². The van der Waals surface area contributed by atoms with Crippen LogP contribution >= 0.6 is 35.3 Å². The maximum Gasteiger partial charge on any atom is 0.198 e. The second-order valence-corrected chi connectivity index (χ2v) is 8.97.